The van der Waals surface area contributed by atoms with Crippen LogP contribution >= 0.6 is 0 Å². The van der Waals surface area contributed by atoms with Crippen molar-refractivity contribution in [2.75, 3.05) is 11.9 Å². The van der Waals surface area contributed by atoms with E-state index in [2.05, 4.69) is 29.4 Å². The molecule has 0 aliphatic heterocycles. The van der Waals surface area contributed by atoms with E-state index < -0.39 is 0 Å². The van der Waals surface area contributed by atoms with Crippen LogP contribution in [0.4, 0.5) is 5.69 Å². The molecule has 1 aromatic heterocycles. The van der Waals surface area contributed by atoms with Crippen LogP contribution in [0, 0.1) is 6.92 Å². The fourth-order valence-electron chi connectivity index (χ4n) is 1.90. The summed E-state index contributed by atoms with van der Waals surface area (Å²) in [4.78, 5) is 12.0. The topological polar surface area (TPSA) is 83.8 Å². The molecule has 1 heterocycles. The summed E-state index contributed by atoms with van der Waals surface area (Å²) < 4.78 is 0. The fourth-order valence-corrected chi connectivity index (χ4v) is 1.90. The minimum Gasteiger partial charge on any atom is -0.330 e. The molecule has 5 nitrogen and oxygen atoms in total. The maximum Gasteiger partial charge on any atom is 0.259 e. The quantitative estimate of drug-likeness (QED) is 0.797. The molecule has 0 radical (unpaired) electrons. The first-order valence-electron chi connectivity index (χ1n) is 6.56. The Morgan fingerprint density at radius 2 is 2.00 bits per heavy atom. The Morgan fingerprint density at radius 3 is 2.50 bits per heavy atom. The molecule has 20 heavy (non-hydrogen) atoms. The molecule has 1 aromatic carbocycles. The molecule has 0 aliphatic rings. The van der Waals surface area contributed by atoms with Gasteiger partial charge in [0.25, 0.3) is 5.91 Å². The number of carbonyl (C=O) groups is 1. The molecule has 2 rings (SSSR count). The minimum atomic E-state index is -0.165. The van der Waals surface area contributed by atoms with Crippen LogP contribution in [0.2, 0.25) is 0 Å². The Balaban J connectivity index is 2.12. The molecule has 0 aliphatic carbocycles. The summed E-state index contributed by atoms with van der Waals surface area (Å²) >= 11 is 0. The third-order valence-corrected chi connectivity index (χ3v) is 3.51. The number of nitrogens with two attached hydrogens (primary N) is 1. The van der Waals surface area contributed by atoms with E-state index >= 15 is 0 Å². The van der Waals surface area contributed by atoms with Gasteiger partial charge in [0.15, 0.2) is 0 Å². The molecule has 5 heteroatoms. The normalized spacial score (nSPS) is 11.4. The Kier molecular flexibility index (Phi) is 3.90. The van der Waals surface area contributed by atoms with Gasteiger partial charge in [-0.1, -0.05) is 26.0 Å². The number of amides is 1. The second kappa shape index (κ2) is 5.46. The summed E-state index contributed by atoms with van der Waals surface area (Å²) in [6.07, 6.45) is 1.52. The molecule has 0 atom stereocenters. The summed E-state index contributed by atoms with van der Waals surface area (Å²) in [5, 5.41) is 9.44. The highest BCUT2D eigenvalue weighted by Crippen LogP contribution is 2.23. The standard InChI is InChI=1S/C15H20N4O/c1-10-13(8-17-19-10)14(20)18-12-6-4-11(5-7-12)15(2,3)9-16/h4-8H,9,16H2,1-3H3,(H,17,19)(H,18,20). The van der Waals surface area contributed by atoms with Crippen LogP contribution in [0.5, 0.6) is 0 Å². The molecular weight excluding hydrogens is 252 g/mol. The van der Waals surface area contributed by atoms with E-state index in [1.807, 2.05) is 31.2 Å². The summed E-state index contributed by atoms with van der Waals surface area (Å²) in [5.74, 6) is -0.165. The SMILES string of the molecule is Cc1[nH]ncc1C(=O)Nc1ccc(C(C)(C)CN)cc1. The maximum absolute atomic E-state index is 12.0. The number of aromatic nitrogens is 2. The Labute approximate surface area is 118 Å². The smallest absolute Gasteiger partial charge is 0.259 e. The monoisotopic (exact) mass is 272 g/mol. The zero-order valence-electron chi connectivity index (χ0n) is 12.0. The van der Waals surface area contributed by atoms with Crippen molar-refractivity contribution in [1.82, 2.24) is 10.2 Å². The third-order valence-electron chi connectivity index (χ3n) is 3.51. The van der Waals surface area contributed by atoms with Gasteiger partial charge >= 0.3 is 0 Å². The molecule has 0 fully saturated rings. The van der Waals surface area contributed by atoms with E-state index in [0.717, 1.165) is 16.9 Å². The van der Waals surface area contributed by atoms with Crippen LogP contribution in [0.15, 0.2) is 30.5 Å². The fraction of sp³-hybridized carbons (Fsp3) is 0.333. The van der Waals surface area contributed by atoms with E-state index in [1.54, 1.807) is 0 Å². The molecule has 1 amide bonds. The summed E-state index contributed by atoms with van der Waals surface area (Å²) in [7, 11) is 0. The predicted octanol–water partition coefficient (Wildman–Crippen LogP) is 2.21. The Morgan fingerprint density at radius 1 is 1.35 bits per heavy atom. The van der Waals surface area contributed by atoms with Crippen molar-refractivity contribution < 1.29 is 4.79 Å². The number of aryl methyl sites for hydroxylation is 1. The first-order valence-corrected chi connectivity index (χ1v) is 6.56. The summed E-state index contributed by atoms with van der Waals surface area (Å²) in [6, 6.07) is 7.76. The zero-order valence-corrected chi connectivity index (χ0v) is 12.0. The van der Waals surface area contributed by atoms with E-state index in [-0.39, 0.29) is 11.3 Å². The average Bonchev–Trinajstić information content (AvgIpc) is 2.85. The molecule has 0 saturated carbocycles. The second-order valence-corrected chi connectivity index (χ2v) is 5.53. The van der Waals surface area contributed by atoms with Crippen LogP contribution in [0.3, 0.4) is 0 Å². The lowest BCUT2D eigenvalue weighted by Gasteiger charge is -2.23. The number of anilines is 1. The van der Waals surface area contributed by atoms with Gasteiger partial charge in [0.05, 0.1) is 11.8 Å². The minimum absolute atomic E-state index is 0.0658. The van der Waals surface area contributed by atoms with E-state index in [1.165, 1.54) is 6.20 Å². The molecule has 0 unspecified atom stereocenters. The van der Waals surface area contributed by atoms with Crippen LogP contribution in [-0.4, -0.2) is 22.6 Å². The highest BCUT2D eigenvalue weighted by Gasteiger charge is 2.18. The highest BCUT2D eigenvalue weighted by atomic mass is 16.1. The van der Waals surface area contributed by atoms with E-state index in [0.29, 0.717) is 12.1 Å². The summed E-state index contributed by atoms with van der Waals surface area (Å²) in [6.45, 7) is 6.58. The van der Waals surface area contributed by atoms with Crippen molar-refractivity contribution in [3.8, 4) is 0 Å². The molecule has 0 bridgehead atoms. The number of benzene rings is 1. The van der Waals surface area contributed by atoms with E-state index in [4.69, 9.17) is 5.73 Å². The first-order chi connectivity index (χ1) is 9.44. The van der Waals surface area contributed by atoms with Crippen molar-refractivity contribution in [3.05, 3.63) is 47.3 Å². The number of H-pyrrole nitrogens is 1. The summed E-state index contributed by atoms with van der Waals surface area (Å²) in [5.41, 5.74) is 8.90. The lowest BCUT2D eigenvalue weighted by atomic mass is 9.85. The van der Waals surface area contributed by atoms with Gasteiger partial charge in [-0.25, -0.2) is 0 Å². The van der Waals surface area contributed by atoms with E-state index in [9.17, 15) is 4.79 Å². The predicted molar refractivity (Wildman–Crippen MR) is 79.8 cm³/mol. The van der Waals surface area contributed by atoms with Crippen molar-refractivity contribution in [2.24, 2.45) is 5.73 Å². The van der Waals surface area contributed by atoms with Crippen LogP contribution in [0.1, 0.15) is 35.5 Å². The number of aromatic amines is 1. The largest absolute Gasteiger partial charge is 0.330 e. The highest BCUT2D eigenvalue weighted by molar-refractivity contribution is 6.04. The maximum atomic E-state index is 12.0. The van der Waals surface area contributed by atoms with Gasteiger partial charge in [0.1, 0.15) is 0 Å². The van der Waals surface area contributed by atoms with Gasteiger partial charge in [-0.3, -0.25) is 9.89 Å². The molecule has 0 spiro atoms. The first kappa shape index (κ1) is 14.3. The Hall–Kier alpha value is -2.14. The van der Waals surface area contributed by atoms with Gasteiger partial charge in [0.2, 0.25) is 0 Å². The number of carbonyl (C=O) groups excluding carboxylic acids is 1. The van der Waals surface area contributed by atoms with Crippen molar-refractivity contribution in [1.29, 1.82) is 0 Å². The van der Waals surface area contributed by atoms with Crippen molar-refractivity contribution in [3.63, 3.8) is 0 Å². The van der Waals surface area contributed by atoms with Gasteiger partial charge in [0, 0.05) is 23.3 Å². The average molecular weight is 272 g/mol. The lowest BCUT2D eigenvalue weighted by Crippen LogP contribution is -2.27. The third kappa shape index (κ3) is 2.88. The molecule has 0 saturated heterocycles. The van der Waals surface area contributed by atoms with Gasteiger partial charge < -0.3 is 11.1 Å². The van der Waals surface area contributed by atoms with Crippen molar-refractivity contribution >= 4 is 11.6 Å². The number of nitrogens with zero attached hydrogens (tertiary/aromatic N) is 1. The van der Waals surface area contributed by atoms with Gasteiger partial charge in [-0.2, -0.15) is 5.10 Å². The number of hydrogen-bond donors (Lipinski definition) is 3. The van der Waals surface area contributed by atoms with Gasteiger partial charge in [-0.15, -0.1) is 0 Å². The molecule has 2 aromatic rings. The molecule has 106 valence electrons. The van der Waals surface area contributed by atoms with Crippen LogP contribution in [0.25, 0.3) is 0 Å². The molecule has 4 N–H and O–H groups in total. The second-order valence-electron chi connectivity index (χ2n) is 5.53. The van der Waals surface area contributed by atoms with Gasteiger partial charge in [-0.05, 0) is 24.6 Å². The number of nitrogens with one attached hydrogen (secondary N) is 2. The van der Waals surface area contributed by atoms with Crippen LogP contribution in [-0.2, 0) is 5.41 Å². The lowest BCUT2D eigenvalue weighted by molar-refractivity contribution is 0.102. The van der Waals surface area contributed by atoms with Crippen molar-refractivity contribution in [2.45, 2.75) is 26.2 Å². The van der Waals surface area contributed by atoms with Crippen LogP contribution < -0.4 is 11.1 Å². The molecular formula is C15H20N4O. The number of rotatable bonds is 4. The number of hydrogen-bond acceptors (Lipinski definition) is 3. The Bertz CT molecular complexity index is 599. The zero-order chi connectivity index (χ0) is 14.8.